The molecule has 1 aliphatic rings. The fourth-order valence-corrected chi connectivity index (χ4v) is 2.66. The Kier molecular flexibility index (Phi) is 4.42. The minimum atomic E-state index is -0.605. The van der Waals surface area contributed by atoms with Crippen LogP contribution < -0.4 is 10.1 Å². The molecular formula is C14H18N2O5. The van der Waals surface area contributed by atoms with E-state index in [1.54, 1.807) is 0 Å². The largest absolute Gasteiger partial charge is 0.490 e. The molecule has 0 spiro atoms. The summed E-state index contributed by atoms with van der Waals surface area (Å²) in [4.78, 5) is 22.6. The standard InChI is InChI=1S/C14H18N2O5/c1-21-12-5-4-10(8-11(12)16(19)20)13(18)15-14(9-17)6-2-3-7-14/h4-5,8,17H,2-3,6-7,9H2,1H3,(H,15,18). The molecule has 0 aliphatic heterocycles. The Morgan fingerprint density at radius 1 is 1.48 bits per heavy atom. The summed E-state index contributed by atoms with van der Waals surface area (Å²) >= 11 is 0. The number of nitro groups is 1. The first-order valence-electron chi connectivity index (χ1n) is 6.77. The Bertz CT molecular complexity index is 552. The molecule has 0 aromatic heterocycles. The zero-order valence-electron chi connectivity index (χ0n) is 11.8. The molecule has 0 bridgehead atoms. The number of hydrogen-bond acceptors (Lipinski definition) is 5. The summed E-state index contributed by atoms with van der Waals surface area (Å²) in [5.74, 6) is -0.314. The Balaban J connectivity index is 2.23. The maximum atomic E-state index is 12.3. The number of benzene rings is 1. The van der Waals surface area contributed by atoms with E-state index in [0.717, 1.165) is 12.8 Å². The highest BCUT2D eigenvalue weighted by Crippen LogP contribution is 2.31. The first-order valence-corrected chi connectivity index (χ1v) is 6.77. The van der Waals surface area contributed by atoms with Crippen molar-refractivity contribution in [3.63, 3.8) is 0 Å². The van der Waals surface area contributed by atoms with Crippen LogP contribution in [-0.2, 0) is 0 Å². The molecule has 1 amide bonds. The molecule has 1 aromatic rings. The summed E-state index contributed by atoms with van der Waals surface area (Å²) in [6, 6.07) is 4.06. The monoisotopic (exact) mass is 294 g/mol. The van der Waals surface area contributed by atoms with Crippen LogP contribution in [0.2, 0.25) is 0 Å². The van der Waals surface area contributed by atoms with Gasteiger partial charge in [-0.1, -0.05) is 12.8 Å². The van der Waals surface area contributed by atoms with E-state index in [2.05, 4.69) is 5.32 Å². The van der Waals surface area contributed by atoms with Crippen molar-refractivity contribution in [1.29, 1.82) is 0 Å². The van der Waals surface area contributed by atoms with E-state index in [0.29, 0.717) is 12.8 Å². The van der Waals surface area contributed by atoms with Crippen LogP contribution in [-0.4, -0.2) is 35.2 Å². The number of carbonyl (C=O) groups is 1. The van der Waals surface area contributed by atoms with Crippen LogP contribution in [0, 0.1) is 10.1 Å². The molecule has 0 saturated heterocycles. The lowest BCUT2D eigenvalue weighted by molar-refractivity contribution is -0.385. The molecule has 0 heterocycles. The van der Waals surface area contributed by atoms with Gasteiger partial charge in [-0.3, -0.25) is 14.9 Å². The van der Waals surface area contributed by atoms with Crippen molar-refractivity contribution in [2.24, 2.45) is 0 Å². The summed E-state index contributed by atoms with van der Waals surface area (Å²) in [5, 5.41) is 23.3. The molecule has 2 N–H and O–H groups in total. The molecule has 1 aromatic carbocycles. The average molecular weight is 294 g/mol. The van der Waals surface area contributed by atoms with Gasteiger partial charge in [0.1, 0.15) is 0 Å². The molecule has 2 rings (SSSR count). The van der Waals surface area contributed by atoms with Crippen LogP contribution in [0.15, 0.2) is 18.2 Å². The topological polar surface area (TPSA) is 102 Å². The van der Waals surface area contributed by atoms with Crippen LogP contribution in [0.5, 0.6) is 5.75 Å². The first kappa shape index (κ1) is 15.2. The summed E-state index contributed by atoms with van der Waals surface area (Å²) in [7, 11) is 1.33. The van der Waals surface area contributed by atoms with E-state index in [4.69, 9.17) is 4.74 Å². The summed E-state index contributed by atoms with van der Waals surface area (Å²) in [6.07, 6.45) is 3.33. The molecule has 1 fully saturated rings. The second-order valence-corrected chi connectivity index (χ2v) is 5.24. The summed E-state index contributed by atoms with van der Waals surface area (Å²) in [6.45, 7) is -0.128. The number of nitro benzene ring substituents is 1. The van der Waals surface area contributed by atoms with Crippen molar-refractivity contribution in [2.45, 2.75) is 31.2 Å². The van der Waals surface area contributed by atoms with E-state index < -0.39 is 16.4 Å². The molecule has 7 heteroatoms. The lowest BCUT2D eigenvalue weighted by Gasteiger charge is -2.27. The fraction of sp³-hybridized carbons (Fsp3) is 0.500. The number of nitrogens with zero attached hydrogens (tertiary/aromatic N) is 1. The second kappa shape index (κ2) is 6.09. The highest BCUT2D eigenvalue weighted by molar-refractivity contribution is 5.95. The second-order valence-electron chi connectivity index (χ2n) is 5.24. The number of methoxy groups -OCH3 is 1. The van der Waals surface area contributed by atoms with E-state index in [1.807, 2.05) is 0 Å². The third-order valence-corrected chi connectivity index (χ3v) is 3.88. The Labute approximate surface area is 122 Å². The van der Waals surface area contributed by atoms with Gasteiger partial charge in [0.05, 0.1) is 24.2 Å². The summed E-state index contributed by atoms with van der Waals surface area (Å²) in [5.41, 5.74) is -0.678. The predicted molar refractivity (Wildman–Crippen MR) is 75.4 cm³/mol. The Hall–Kier alpha value is -2.15. The number of aliphatic hydroxyl groups is 1. The normalized spacial score (nSPS) is 16.5. The maximum absolute atomic E-state index is 12.3. The molecule has 21 heavy (non-hydrogen) atoms. The average Bonchev–Trinajstić information content (AvgIpc) is 2.95. The van der Waals surface area contributed by atoms with Gasteiger partial charge < -0.3 is 15.2 Å². The van der Waals surface area contributed by atoms with Gasteiger partial charge in [0.2, 0.25) is 0 Å². The van der Waals surface area contributed by atoms with Crippen molar-refractivity contribution < 1.29 is 19.6 Å². The molecule has 0 atom stereocenters. The van der Waals surface area contributed by atoms with Crippen LogP contribution >= 0.6 is 0 Å². The molecule has 0 unspecified atom stereocenters. The highest BCUT2D eigenvalue weighted by atomic mass is 16.6. The SMILES string of the molecule is COc1ccc(C(=O)NC2(CO)CCCC2)cc1[N+](=O)[O-]. The van der Waals surface area contributed by atoms with Crippen LogP contribution in [0.4, 0.5) is 5.69 Å². The first-order chi connectivity index (χ1) is 10.0. The van der Waals surface area contributed by atoms with Crippen LogP contribution in [0.3, 0.4) is 0 Å². The molecule has 7 nitrogen and oxygen atoms in total. The van der Waals surface area contributed by atoms with Crippen LogP contribution in [0.1, 0.15) is 36.0 Å². The molecule has 0 radical (unpaired) electrons. The van der Waals surface area contributed by atoms with Gasteiger partial charge in [-0.25, -0.2) is 0 Å². The van der Waals surface area contributed by atoms with Crippen molar-refractivity contribution in [1.82, 2.24) is 5.32 Å². The van der Waals surface area contributed by atoms with Crippen LogP contribution in [0.25, 0.3) is 0 Å². The third-order valence-electron chi connectivity index (χ3n) is 3.88. The lowest BCUT2D eigenvalue weighted by atomic mass is 9.98. The van der Waals surface area contributed by atoms with Crippen molar-refractivity contribution >= 4 is 11.6 Å². The zero-order valence-corrected chi connectivity index (χ0v) is 11.8. The number of rotatable bonds is 5. The third kappa shape index (κ3) is 3.13. The van der Waals surface area contributed by atoms with E-state index in [1.165, 1.54) is 25.3 Å². The Morgan fingerprint density at radius 3 is 2.67 bits per heavy atom. The van der Waals surface area contributed by atoms with Crippen molar-refractivity contribution in [2.75, 3.05) is 13.7 Å². The van der Waals surface area contributed by atoms with Gasteiger partial charge in [-0.05, 0) is 25.0 Å². The minimum Gasteiger partial charge on any atom is -0.490 e. The number of ether oxygens (including phenoxy) is 1. The Morgan fingerprint density at radius 2 is 2.14 bits per heavy atom. The fourth-order valence-electron chi connectivity index (χ4n) is 2.66. The number of carbonyl (C=O) groups excluding carboxylic acids is 1. The number of amides is 1. The molecule has 114 valence electrons. The van der Waals surface area contributed by atoms with E-state index in [9.17, 15) is 20.0 Å². The number of hydrogen-bond donors (Lipinski definition) is 2. The van der Waals surface area contributed by atoms with Gasteiger partial charge in [0.25, 0.3) is 5.91 Å². The van der Waals surface area contributed by atoms with Gasteiger partial charge in [-0.15, -0.1) is 0 Å². The van der Waals surface area contributed by atoms with Gasteiger partial charge >= 0.3 is 5.69 Å². The minimum absolute atomic E-state index is 0.106. The lowest BCUT2D eigenvalue weighted by Crippen LogP contribution is -2.49. The molecular weight excluding hydrogens is 276 g/mol. The number of nitrogens with one attached hydrogen (secondary N) is 1. The predicted octanol–water partition coefficient (Wildman–Crippen LogP) is 1.64. The van der Waals surface area contributed by atoms with E-state index >= 15 is 0 Å². The van der Waals surface area contributed by atoms with Gasteiger partial charge in [-0.2, -0.15) is 0 Å². The number of aliphatic hydroxyl groups excluding tert-OH is 1. The van der Waals surface area contributed by atoms with E-state index in [-0.39, 0.29) is 23.6 Å². The highest BCUT2D eigenvalue weighted by Gasteiger charge is 2.35. The molecule has 1 aliphatic carbocycles. The van der Waals surface area contributed by atoms with Crippen molar-refractivity contribution in [3.8, 4) is 5.75 Å². The van der Waals surface area contributed by atoms with Gasteiger partial charge in [0, 0.05) is 11.6 Å². The van der Waals surface area contributed by atoms with Gasteiger partial charge in [0.15, 0.2) is 5.75 Å². The zero-order chi connectivity index (χ0) is 15.5. The quantitative estimate of drug-likeness (QED) is 0.635. The van der Waals surface area contributed by atoms with Crippen molar-refractivity contribution in [3.05, 3.63) is 33.9 Å². The smallest absolute Gasteiger partial charge is 0.311 e. The molecule has 1 saturated carbocycles. The maximum Gasteiger partial charge on any atom is 0.311 e. The summed E-state index contributed by atoms with van der Waals surface area (Å²) < 4.78 is 4.90.